The van der Waals surface area contributed by atoms with Gasteiger partial charge in [-0.3, -0.25) is 9.69 Å². The van der Waals surface area contributed by atoms with Gasteiger partial charge in [0.25, 0.3) is 5.91 Å². The van der Waals surface area contributed by atoms with Crippen LogP contribution in [0.2, 0.25) is 0 Å². The first-order chi connectivity index (χ1) is 12.1. The van der Waals surface area contributed by atoms with Gasteiger partial charge in [-0.2, -0.15) is 0 Å². The van der Waals surface area contributed by atoms with E-state index in [1.807, 2.05) is 29.2 Å². The molecule has 6 nitrogen and oxygen atoms in total. The molecular formula is C19H23N3O3. The van der Waals surface area contributed by atoms with Crippen LogP contribution < -0.4 is 4.74 Å². The van der Waals surface area contributed by atoms with E-state index in [0.717, 1.165) is 42.8 Å². The van der Waals surface area contributed by atoms with Gasteiger partial charge in [0, 0.05) is 31.6 Å². The second kappa shape index (κ2) is 6.28. The number of ether oxygens (including phenoxy) is 2. The second-order valence-corrected chi connectivity index (χ2v) is 6.93. The monoisotopic (exact) mass is 341 g/mol. The number of likely N-dealkylation sites (N-methyl/N-ethyl adjacent to an activating group) is 1. The highest BCUT2D eigenvalue weighted by molar-refractivity contribution is 5.95. The molecule has 2 aliphatic heterocycles. The predicted molar refractivity (Wildman–Crippen MR) is 95.0 cm³/mol. The maximum absolute atomic E-state index is 13.0. The van der Waals surface area contributed by atoms with E-state index in [0.29, 0.717) is 18.8 Å². The molecule has 132 valence electrons. The summed E-state index contributed by atoms with van der Waals surface area (Å²) in [7, 11) is 3.76. The Kier molecular flexibility index (Phi) is 4.09. The van der Waals surface area contributed by atoms with Crippen LogP contribution in [0.3, 0.4) is 0 Å². The lowest BCUT2D eigenvalue weighted by molar-refractivity contribution is 0.00899. The quantitative estimate of drug-likeness (QED) is 0.834. The van der Waals surface area contributed by atoms with Crippen LogP contribution in [-0.2, 0) is 4.74 Å². The Labute approximate surface area is 147 Å². The van der Waals surface area contributed by atoms with Crippen LogP contribution >= 0.6 is 0 Å². The average Bonchev–Trinajstić information content (AvgIpc) is 3.12. The Hall–Kier alpha value is -2.18. The normalized spacial score (nSPS) is 24.2. The number of carbonyl (C=O) groups is 1. The van der Waals surface area contributed by atoms with Crippen LogP contribution in [0, 0.1) is 0 Å². The van der Waals surface area contributed by atoms with Crippen molar-refractivity contribution in [2.24, 2.45) is 0 Å². The Balaban J connectivity index is 1.59. The number of benzene rings is 1. The molecule has 1 aromatic carbocycles. The molecule has 0 bridgehead atoms. The number of hydrogen-bond acceptors (Lipinski definition) is 5. The van der Waals surface area contributed by atoms with Crippen molar-refractivity contribution in [2.75, 3.05) is 47.0 Å². The SMILES string of the molecule is COc1ccc2nc(C(=O)N3CCN(C)C4(CCOC4)C3)ccc2c1. The zero-order valence-corrected chi connectivity index (χ0v) is 14.7. The lowest BCUT2D eigenvalue weighted by Gasteiger charge is -2.46. The first-order valence-corrected chi connectivity index (χ1v) is 8.64. The van der Waals surface area contributed by atoms with Crippen molar-refractivity contribution in [3.63, 3.8) is 0 Å². The van der Waals surface area contributed by atoms with E-state index in [4.69, 9.17) is 9.47 Å². The van der Waals surface area contributed by atoms with Crippen LogP contribution in [0.15, 0.2) is 30.3 Å². The minimum atomic E-state index is -0.0435. The van der Waals surface area contributed by atoms with Crippen molar-refractivity contribution in [2.45, 2.75) is 12.0 Å². The van der Waals surface area contributed by atoms with Gasteiger partial charge in [-0.05, 0) is 37.7 Å². The van der Waals surface area contributed by atoms with E-state index >= 15 is 0 Å². The number of pyridine rings is 1. The van der Waals surface area contributed by atoms with Crippen molar-refractivity contribution in [1.82, 2.24) is 14.8 Å². The largest absolute Gasteiger partial charge is 0.497 e. The molecule has 2 saturated heterocycles. The van der Waals surface area contributed by atoms with Gasteiger partial charge in [-0.15, -0.1) is 0 Å². The highest BCUT2D eigenvalue weighted by Crippen LogP contribution is 2.30. The van der Waals surface area contributed by atoms with E-state index < -0.39 is 0 Å². The third-order valence-corrected chi connectivity index (χ3v) is 5.49. The molecule has 25 heavy (non-hydrogen) atoms. The van der Waals surface area contributed by atoms with Crippen LogP contribution in [-0.4, -0.2) is 73.2 Å². The fourth-order valence-electron chi connectivity index (χ4n) is 3.77. The number of amides is 1. The number of nitrogens with zero attached hydrogens (tertiary/aromatic N) is 3. The molecule has 1 amide bonds. The highest BCUT2D eigenvalue weighted by atomic mass is 16.5. The molecule has 1 spiro atoms. The molecule has 0 N–H and O–H groups in total. The Morgan fingerprint density at radius 3 is 2.92 bits per heavy atom. The van der Waals surface area contributed by atoms with Crippen molar-refractivity contribution >= 4 is 16.8 Å². The van der Waals surface area contributed by atoms with E-state index in [2.05, 4.69) is 16.9 Å². The highest BCUT2D eigenvalue weighted by Gasteiger charge is 2.44. The van der Waals surface area contributed by atoms with E-state index in [1.165, 1.54) is 0 Å². The number of rotatable bonds is 2. The van der Waals surface area contributed by atoms with Crippen LogP contribution in [0.4, 0.5) is 0 Å². The Bertz CT molecular complexity index is 802. The third kappa shape index (κ3) is 2.85. The summed E-state index contributed by atoms with van der Waals surface area (Å²) in [5, 5.41) is 0.968. The molecule has 1 atom stereocenters. The maximum Gasteiger partial charge on any atom is 0.272 e. The summed E-state index contributed by atoms with van der Waals surface area (Å²) in [6, 6.07) is 9.42. The van der Waals surface area contributed by atoms with E-state index in [1.54, 1.807) is 13.2 Å². The molecule has 2 aromatic rings. The summed E-state index contributed by atoms with van der Waals surface area (Å²) >= 11 is 0. The van der Waals surface area contributed by atoms with Gasteiger partial charge < -0.3 is 14.4 Å². The van der Waals surface area contributed by atoms with Crippen molar-refractivity contribution < 1.29 is 14.3 Å². The molecule has 1 unspecified atom stereocenters. The summed E-state index contributed by atoms with van der Waals surface area (Å²) < 4.78 is 10.9. The molecule has 0 saturated carbocycles. The van der Waals surface area contributed by atoms with Gasteiger partial charge in [0.15, 0.2) is 0 Å². The number of carbonyl (C=O) groups excluding carboxylic acids is 1. The summed E-state index contributed by atoms with van der Waals surface area (Å²) in [6.45, 7) is 3.74. The smallest absolute Gasteiger partial charge is 0.272 e. The number of fused-ring (bicyclic) bond motifs is 1. The van der Waals surface area contributed by atoms with Gasteiger partial charge in [0.2, 0.25) is 0 Å². The third-order valence-electron chi connectivity index (χ3n) is 5.49. The topological polar surface area (TPSA) is 54.9 Å². The van der Waals surface area contributed by atoms with Gasteiger partial charge in [-0.1, -0.05) is 6.07 Å². The standard InChI is InChI=1S/C19H23N3O3/c1-21-8-9-22(12-19(21)7-10-25-13-19)18(23)17-5-3-14-11-15(24-2)4-6-16(14)20-17/h3-6,11H,7-10,12-13H2,1-2H3. The fourth-order valence-corrected chi connectivity index (χ4v) is 3.77. The number of aromatic nitrogens is 1. The first-order valence-electron chi connectivity index (χ1n) is 8.64. The summed E-state index contributed by atoms with van der Waals surface area (Å²) in [6.07, 6.45) is 0.970. The van der Waals surface area contributed by atoms with Crippen LogP contribution in [0.5, 0.6) is 5.75 Å². The lowest BCUT2D eigenvalue weighted by atomic mass is 9.93. The first kappa shape index (κ1) is 16.3. The van der Waals surface area contributed by atoms with E-state index in [9.17, 15) is 4.79 Å². The molecule has 6 heteroatoms. The zero-order valence-electron chi connectivity index (χ0n) is 14.7. The molecule has 0 aliphatic carbocycles. The second-order valence-electron chi connectivity index (χ2n) is 6.93. The van der Waals surface area contributed by atoms with Crippen LogP contribution in [0.1, 0.15) is 16.9 Å². The minimum Gasteiger partial charge on any atom is -0.497 e. The molecular weight excluding hydrogens is 318 g/mol. The maximum atomic E-state index is 13.0. The van der Waals surface area contributed by atoms with Gasteiger partial charge >= 0.3 is 0 Å². The van der Waals surface area contributed by atoms with Gasteiger partial charge in [-0.25, -0.2) is 4.98 Å². The molecule has 2 fully saturated rings. The predicted octanol–water partition coefficient (Wildman–Crippen LogP) is 1.79. The summed E-state index contributed by atoms with van der Waals surface area (Å²) in [5.74, 6) is 0.785. The van der Waals surface area contributed by atoms with Crippen LogP contribution in [0.25, 0.3) is 10.9 Å². The van der Waals surface area contributed by atoms with Crippen molar-refractivity contribution in [1.29, 1.82) is 0 Å². The number of hydrogen-bond donors (Lipinski definition) is 0. The molecule has 4 rings (SSSR count). The molecule has 3 heterocycles. The average molecular weight is 341 g/mol. The van der Waals surface area contributed by atoms with Crippen molar-refractivity contribution in [3.05, 3.63) is 36.0 Å². The summed E-state index contributed by atoms with van der Waals surface area (Å²) in [4.78, 5) is 21.8. The molecule has 0 radical (unpaired) electrons. The molecule has 1 aromatic heterocycles. The number of piperazine rings is 1. The Morgan fingerprint density at radius 2 is 2.16 bits per heavy atom. The fraction of sp³-hybridized carbons (Fsp3) is 0.474. The lowest BCUT2D eigenvalue weighted by Crippen LogP contribution is -2.62. The summed E-state index contributed by atoms with van der Waals surface area (Å²) in [5.41, 5.74) is 1.26. The zero-order chi connectivity index (χ0) is 17.4. The number of methoxy groups -OCH3 is 1. The van der Waals surface area contributed by atoms with E-state index in [-0.39, 0.29) is 11.4 Å². The van der Waals surface area contributed by atoms with Crippen molar-refractivity contribution in [3.8, 4) is 5.75 Å². The Morgan fingerprint density at radius 1 is 1.28 bits per heavy atom. The van der Waals surface area contributed by atoms with Gasteiger partial charge in [0.1, 0.15) is 11.4 Å². The molecule has 2 aliphatic rings. The minimum absolute atomic E-state index is 0.00269. The van der Waals surface area contributed by atoms with Gasteiger partial charge in [0.05, 0.1) is 24.8 Å².